The summed E-state index contributed by atoms with van der Waals surface area (Å²) in [4.78, 5) is 4.29. The maximum atomic E-state index is 9.04. The van der Waals surface area contributed by atoms with Crippen molar-refractivity contribution in [2.75, 3.05) is 18.5 Å². The van der Waals surface area contributed by atoms with Crippen molar-refractivity contribution in [2.24, 2.45) is 0 Å². The zero-order chi connectivity index (χ0) is 15.6. The number of nitrogens with zero attached hydrogens (tertiary/aromatic N) is 3. The molecule has 3 nitrogen and oxygen atoms in total. The molecule has 1 aromatic rings. The van der Waals surface area contributed by atoms with Crippen molar-refractivity contribution >= 4 is 17.3 Å². The van der Waals surface area contributed by atoms with Gasteiger partial charge >= 0.3 is 0 Å². The van der Waals surface area contributed by atoms with Gasteiger partial charge < -0.3 is 9.80 Å². The van der Waals surface area contributed by atoms with Crippen molar-refractivity contribution in [1.29, 1.82) is 5.26 Å². The van der Waals surface area contributed by atoms with Crippen molar-refractivity contribution in [3.05, 3.63) is 53.3 Å². The van der Waals surface area contributed by atoms with E-state index in [1.165, 1.54) is 0 Å². The van der Waals surface area contributed by atoms with Crippen LogP contribution in [-0.2, 0) is 0 Å². The van der Waals surface area contributed by atoms with Crippen molar-refractivity contribution in [2.45, 2.75) is 25.8 Å². The topological polar surface area (TPSA) is 30.3 Å². The molecule has 0 radical (unpaired) electrons. The third-order valence-corrected chi connectivity index (χ3v) is 4.67. The molecule has 0 aliphatic carbocycles. The van der Waals surface area contributed by atoms with Crippen LogP contribution in [0.15, 0.2) is 37.2 Å². The standard InChI is InChI=1S/C17H20ClN3/c1-5-21-10-6-7-16(21)13(3)20(4)15-9-8-14(11-19)17(18)12(15)2/h5,8-9,16H,1,3,6-7,10H2,2,4H3. The summed E-state index contributed by atoms with van der Waals surface area (Å²) in [6.45, 7) is 11.1. The minimum atomic E-state index is 0.279. The van der Waals surface area contributed by atoms with Crippen molar-refractivity contribution in [3.63, 3.8) is 0 Å². The lowest BCUT2D eigenvalue weighted by atomic mass is 10.1. The SMILES string of the molecule is C=CN1CCCC1C(=C)N(C)c1ccc(C#N)c(Cl)c1C. The van der Waals surface area contributed by atoms with E-state index in [0.717, 1.165) is 36.3 Å². The highest BCUT2D eigenvalue weighted by Crippen LogP contribution is 2.33. The number of likely N-dealkylation sites (N-methyl/N-ethyl adjacent to an activating group) is 1. The van der Waals surface area contributed by atoms with Gasteiger partial charge in [0.05, 0.1) is 16.6 Å². The normalized spacial score (nSPS) is 17.4. The summed E-state index contributed by atoms with van der Waals surface area (Å²) in [5.74, 6) is 0. The minimum Gasteiger partial charge on any atom is -0.370 e. The number of rotatable bonds is 4. The third kappa shape index (κ3) is 2.77. The monoisotopic (exact) mass is 301 g/mol. The number of hydrogen-bond acceptors (Lipinski definition) is 3. The molecule has 1 fully saturated rings. The number of likely N-dealkylation sites (tertiary alicyclic amines) is 1. The molecule has 0 amide bonds. The molecule has 1 atom stereocenters. The van der Waals surface area contributed by atoms with Crippen molar-refractivity contribution < 1.29 is 0 Å². The summed E-state index contributed by atoms with van der Waals surface area (Å²) < 4.78 is 0. The Morgan fingerprint density at radius 2 is 2.29 bits per heavy atom. The first-order valence-corrected chi connectivity index (χ1v) is 7.39. The molecule has 110 valence electrons. The Morgan fingerprint density at radius 1 is 1.57 bits per heavy atom. The van der Waals surface area contributed by atoms with E-state index in [-0.39, 0.29) is 6.04 Å². The maximum Gasteiger partial charge on any atom is 0.101 e. The van der Waals surface area contributed by atoms with E-state index in [0.29, 0.717) is 10.6 Å². The fourth-order valence-electron chi connectivity index (χ4n) is 2.87. The molecule has 1 aliphatic rings. The Labute approximate surface area is 131 Å². The second-order valence-corrected chi connectivity index (χ2v) is 5.69. The number of nitriles is 1. The van der Waals surface area contributed by atoms with Crippen molar-refractivity contribution in [3.8, 4) is 6.07 Å². The summed E-state index contributed by atoms with van der Waals surface area (Å²) >= 11 is 6.26. The Balaban J connectivity index is 2.30. The van der Waals surface area contributed by atoms with Crippen LogP contribution in [0, 0.1) is 18.3 Å². The molecule has 4 heteroatoms. The van der Waals surface area contributed by atoms with Crippen LogP contribution in [0.2, 0.25) is 5.02 Å². The molecule has 0 aromatic heterocycles. The van der Waals surface area contributed by atoms with Gasteiger partial charge in [0.15, 0.2) is 0 Å². The number of anilines is 1. The molecule has 1 saturated heterocycles. The van der Waals surface area contributed by atoms with Crippen LogP contribution in [0.4, 0.5) is 5.69 Å². The van der Waals surface area contributed by atoms with Crippen LogP contribution < -0.4 is 4.90 Å². The molecule has 1 heterocycles. The molecular formula is C17H20ClN3. The second kappa shape index (κ2) is 6.24. The summed E-state index contributed by atoms with van der Waals surface area (Å²) in [5, 5.41) is 9.55. The number of hydrogen-bond donors (Lipinski definition) is 0. The van der Waals surface area contributed by atoms with Crippen LogP contribution in [0.3, 0.4) is 0 Å². The summed E-state index contributed by atoms with van der Waals surface area (Å²) in [7, 11) is 1.99. The van der Waals surface area contributed by atoms with Crippen LogP contribution in [0.5, 0.6) is 0 Å². The molecule has 1 aromatic carbocycles. The van der Waals surface area contributed by atoms with Gasteiger partial charge in [-0.05, 0) is 43.7 Å². The van der Waals surface area contributed by atoms with Crippen LogP contribution in [0.25, 0.3) is 0 Å². The van der Waals surface area contributed by atoms with Crippen LogP contribution in [-0.4, -0.2) is 24.5 Å². The third-order valence-electron chi connectivity index (χ3n) is 4.18. The average Bonchev–Trinajstić information content (AvgIpc) is 2.97. The quantitative estimate of drug-likeness (QED) is 0.839. The van der Waals surface area contributed by atoms with E-state index in [2.05, 4.69) is 29.0 Å². The minimum absolute atomic E-state index is 0.279. The van der Waals surface area contributed by atoms with Gasteiger partial charge in [-0.2, -0.15) is 5.26 Å². The Morgan fingerprint density at radius 3 is 2.90 bits per heavy atom. The van der Waals surface area contributed by atoms with E-state index in [1.54, 1.807) is 6.07 Å². The van der Waals surface area contributed by atoms with Crippen LogP contribution >= 0.6 is 11.6 Å². The molecule has 2 rings (SSSR count). The number of halogens is 1. The van der Waals surface area contributed by atoms with Crippen LogP contribution in [0.1, 0.15) is 24.0 Å². The highest BCUT2D eigenvalue weighted by molar-refractivity contribution is 6.32. The molecule has 0 spiro atoms. The lowest BCUT2D eigenvalue weighted by Gasteiger charge is -2.32. The second-order valence-electron chi connectivity index (χ2n) is 5.31. The largest absolute Gasteiger partial charge is 0.370 e. The van der Waals surface area contributed by atoms with Gasteiger partial charge in [0, 0.05) is 25.0 Å². The fourth-order valence-corrected chi connectivity index (χ4v) is 3.07. The first-order chi connectivity index (χ1) is 10.0. The van der Waals surface area contributed by atoms with E-state index in [9.17, 15) is 0 Å². The van der Waals surface area contributed by atoms with E-state index in [4.69, 9.17) is 16.9 Å². The van der Waals surface area contributed by atoms with E-state index >= 15 is 0 Å². The highest BCUT2D eigenvalue weighted by atomic mass is 35.5. The van der Waals surface area contributed by atoms with Gasteiger partial charge in [-0.25, -0.2) is 0 Å². The van der Waals surface area contributed by atoms with E-state index < -0.39 is 0 Å². The Kier molecular flexibility index (Phi) is 4.59. The van der Waals surface area contributed by atoms with E-state index in [1.807, 2.05) is 26.2 Å². The summed E-state index contributed by atoms with van der Waals surface area (Å²) in [6.07, 6.45) is 4.12. The molecule has 1 aliphatic heterocycles. The van der Waals surface area contributed by atoms with Gasteiger partial charge in [0.1, 0.15) is 6.07 Å². The molecule has 0 saturated carbocycles. The lowest BCUT2D eigenvalue weighted by molar-refractivity contribution is 0.385. The van der Waals surface area contributed by atoms with Crippen molar-refractivity contribution in [1.82, 2.24) is 4.90 Å². The molecule has 0 bridgehead atoms. The average molecular weight is 302 g/mol. The first kappa shape index (κ1) is 15.5. The Hall–Kier alpha value is -1.92. The molecule has 0 N–H and O–H groups in total. The molecule has 1 unspecified atom stereocenters. The lowest BCUT2D eigenvalue weighted by Crippen LogP contribution is -2.33. The first-order valence-electron chi connectivity index (χ1n) is 7.01. The predicted molar refractivity (Wildman–Crippen MR) is 88.4 cm³/mol. The maximum absolute atomic E-state index is 9.04. The Bertz CT molecular complexity index is 615. The summed E-state index contributed by atoms with van der Waals surface area (Å²) in [5.41, 5.74) is 3.42. The zero-order valence-corrected chi connectivity index (χ0v) is 13.3. The zero-order valence-electron chi connectivity index (χ0n) is 12.6. The number of benzene rings is 1. The van der Waals surface area contributed by atoms with Gasteiger partial charge in [0.25, 0.3) is 0 Å². The highest BCUT2D eigenvalue weighted by Gasteiger charge is 2.27. The van der Waals surface area contributed by atoms with Gasteiger partial charge in [-0.15, -0.1) is 0 Å². The molecule has 21 heavy (non-hydrogen) atoms. The van der Waals surface area contributed by atoms with Gasteiger partial charge in [-0.1, -0.05) is 24.8 Å². The molecular weight excluding hydrogens is 282 g/mol. The summed E-state index contributed by atoms with van der Waals surface area (Å²) in [6, 6.07) is 6.07. The van der Waals surface area contributed by atoms with Gasteiger partial charge in [0.2, 0.25) is 0 Å². The fraction of sp³-hybridized carbons (Fsp3) is 0.353. The predicted octanol–water partition coefficient (Wildman–Crippen LogP) is 4.08. The smallest absolute Gasteiger partial charge is 0.101 e. The van der Waals surface area contributed by atoms with Gasteiger partial charge in [-0.3, -0.25) is 0 Å².